The second kappa shape index (κ2) is 11.0. The van der Waals surface area contributed by atoms with Gasteiger partial charge in [0.2, 0.25) is 0 Å². The smallest absolute Gasteiger partial charge is 0.309 e. The van der Waals surface area contributed by atoms with Gasteiger partial charge in [-0.15, -0.1) is 0 Å². The fraction of sp³-hybridized carbons (Fsp3) is 0.286. The standard InChI is InChI=1S/C28H32N2O4P2/c1-5-29(6-2)35-31-23-17-15-22-12-10-14-28(26(22)19-23)34-36(30(7-3)8-4)32-24-18-16-21-11-9-13-27(33-35)25(21)20-24/h9-20H,5-8H2,1-4H3. The fourth-order valence-corrected chi connectivity index (χ4v) is 6.95. The number of hydrogen-bond donors (Lipinski definition) is 0. The summed E-state index contributed by atoms with van der Waals surface area (Å²) in [5.74, 6) is 0. The minimum atomic E-state index is -1.39. The molecule has 0 fully saturated rings. The fourth-order valence-electron chi connectivity index (χ4n) is 4.24. The molecule has 5 aromatic rings. The molecule has 0 saturated carbocycles. The molecule has 0 aliphatic heterocycles. The highest BCUT2D eigenvalue weighted by molar-refractivity contribution is 7.39. The van der Waals surface area contributed by atoms with E-state index < -0.39 is 16.3 Å². The topological polar surface area (TPSA) is 59.0 Å². The molecule has 8 heteroatoms. The number of benzene rings is 4. The van der Waals surface area contributed by atoms with E-state index in [0.717, 1.165) is 70.1 Å². The Morgan fingerprint density at radius 1 is 0.528 bits per heavy atom. The number of rotatable bonds is 6. The van der Waals surface area contributed by atoms with Crippen LogP contribution < -0.4 is 9.34 Å². The van der Waals surface area contributed by atoms with Crippen molar-refractivity contribution in [1.82, 2.24) is 0 Å². The van der Waals surface area contributed by atoms with E-state index in [1.807, 2.05) is 48.5 Å². The van der Waals surface area contributed by atoms with E-state index in [2.05, 4.69) is 61.3 Å². The molecule has 4 bridgehead atoms. The lowest BCUT2D eigenvalue weighted by Gasteiger charge is -2.15. The SMILES string of the molecule is CCN(CC)p1oc2ccc3cccc(op(N(CC)CC)oc4ccc5cccc(o1)c5c4)c3c2. The maximum Gasteiger partial charge on any atom is 0.309 e. The lowest BCUT2D eigenvalue weighted by Crippen LogP contribution is -2.17. The van der Waals surface area contributed by atoms with Gasteiger partial charge in [-0.05, 0) is 47.2 Å². The van der Waals surface area contributed by atoms with Crippen LogP contribution in [-0.4, -0.2) is 26.2 Å². The molecule has 1 heterocycles. The zero-order valence-electron chi connectivity index (χ0n) is 21.2. The van der Waals surface area contributed by atoms with Crippen molar-refractivity contribution in [1.29, 1.82) is 0 Å². The summed E-state index contributed by atoms with van der Waals surface area (Å²) in [7, 11) is -2.78. The van der Waals surface area contributed by atoms with Crippen LogP contribution in [0.25, 0.3) is 43.9 Å². The molecule has 6 nitrogen and oxygen atoms in total. The van der Waals surface area contributed by atoms with Crippen LogP contribution in [0.3, 0.4) is 0 Å². The van der Waals surface area contributed by atoms with Crippen molar-refractivity contribution in [2.24, 2.45) is 0 Å². The number of fused-ring (bicyclic) bond motifs is 2. The Morgan fingerprint density at radius 2 is 0.944 bits per heavy atom. The molecule has 0 saturated heterocycles. The van der Waals surface area contributed by atoms with Gasteiger partial charge in [0.1, 0.15) is 22.3 Å². The summed E-state index contributed by atoms with van der Waals surface area (Å²) in [4.78, 5) is 0. The highest BCUT2D eigenvalue weighted by atomic mass is 31.1. The molecule has 5 rings (SSSR count). The largest absolute Gasteiger partial charge is 0.408 e. The second-order valence-electron chi connectivity index (χ2n) is 8.40. The van der Waals surface area contributed by atoms with Gasteiger partial charge >= 0.3 is 16.3 Å². The summed E-state index contributed by atoms with van der Waals surface area (Å²) in [5.41, 5.74) is 3.07. The van der Waals surface area contributed by atoms with Crippen molar-refractivity contribution >= 4 is 60.2 Å². The van der Waals surface area contributed by atoms with E-state index in [4.69, 9.17) is 16.8 Å². The van der Waals surface area contributed by atoms with Crippen LogP contribution in [-0.2, 0) is 0 Å². The number of nitrogens with zero attached hydrogens (tertiary/aromatic N) is 2. The van der Waals surface area contributed by atoms with Gasteiger partial charge < -0.3 is 16.8 Å². The van der Waals surface area contributed by atoms with Crippen LogP contribution in [0.15, 0.2) is 89.6 Å². The Morgan fingerprint density at radius 3 is 1.33 bits per heavy atom. The third-order valence-electron chi connectivity index (χ3n) is 6.27. The maximum absolute atomic E-state index is 6.63. The Kier molecular flexibility index (Phi) is 7.59. The quantitative estimate of drug-likeness (QED) is 0.221. The Labute approximate surface area is 212 Å². The van der Waals surface area contributed by atoms with Crippen LogP contribution in [0.5, 0.6) is 0 Å². The molecule has 36 heavy (non-hydrogen) atoms. The molecule has 4 aromatic carbocycles. The minimum Gasteiger partial charge on any atom is -0.408 e. The molecule has 0 amide bonds. The van der Waals surface area contributed by atoms with Gasteiger partial charge in [0, 0.05) is 37.0 Å². The predicted octanol–water partition coefficient (Wildman–Crippen LogP) is 9.41. The molecule has 0 radical (unpaired) electrons. The summed E-state index contributed by atoms with van der Waals surface area (Å²) in [6.45, 7) is 11.8. The van der Waals surface area contributed by atoms with Crippen molar-refractivity contribution in [2.45, 2.75) is 27.7 Å². The summed E-state index contributed by atoms with van der Waals surface area (Å²) in [6.07, 6.45) is 0. The Balaban J connectivity index is 2.00. The normalized spacial score (nSPS) is 12.7. The van der Waals surface area contributed by atoms with Gasteiger partial charge in [0.25, 0.3) is 0 Å². The highest BCUT2D eigenvalue weighted by Gasteiger charge is 2.11. The maximum atomic E-state index is 6.63. The number of hydrogen-bond acceptors (Lipinski definition) is 6. The van der Waals surface area contributed by atoms with Crippen LogP contribution in [0.2, 0.25) is 0 Å². The van der Waals surface area contributed by atoms with Gasteiger partial charge in [-0.3, -0.25) is 0 Å². The molecular formula is C28H32N2O4P2. The Bertz CT molecular complexity index is 1500. The molecule has 0 N–H and O–H groups in total. The molecule has 2 unspecified atom stereocenters. The summed E-state index contributed by atoms with van der Waals surface area (Å²) in [6, 6.07) is 24.5. The van der Waals surface area contributed by atoms with Gasteiger partial charge in [-0.2, -0.15) is 0 Å². The van der Waals surface area contributed by atoms with Gasteiger partial charge in [0.15, 0.2) is 0 Å². The van der Waals surface area contributed by atoms with E-state index in [1.54, 1.807) is 0 Å². The molecular weight excluding hydrogens is 490 g/mol. The first-order valence-electron chi connectivity index (χ1n) is 12.5. The molecule has 0 spiro atoms. The lowest BCUT2D eigenvalue weighted by atomic mass is 10.1. The monoisotopic (exact) mass is 522 g/mol. The van der Waals surface area contributed by atoms with Crippen molar-refractivity contribution < 1.29 is 16.8 Å². The van der Waals surface area contributed by atoms with Crippen LogP contribution in [0, 0.1) is 0 Å². The summed E-state index contributed by atoms with van der Waals surface area (Å²) < 4.78 is 30.8. The molecule has 1 aromatic heterocycles. The van der Waals surface area contributed by atoms with E-state index in [0.29, 0.717) is 0 Å². The first-order chi connectivity index (χ1) is 17.6. The van der Waals surface area contributed by atoms with Crippen molar-refractivity contribution in [3.63, 3.8) is 0 Å². The lowest BCUT2D eigenvalue weighted by molar-refractivity contribution is 0.616. The van der Waals surface area contributed by atoms with Gasteiger partial charge in [-0.25, -0.2) is 9.34 Å². The molecule has 2 atom stereocenters. The first-order valence-corrected chi connectivity index (χ1v) is 14.8. The zero-order chi connectivity index (χ0) is 25.1. The summed E-state index contributed by atoms with van der Waals surface area (Å²) >= 11 is 0. The first kappa shape index (κ1) is 24.8. The van der Waals surface area contributed by atoms with E-state index >= 15 is 0 Å². The highest BCUT2D eigenvalue weighted by Crippen LogP contribution is 2.36. The van der Waals surface area contributed by atoms with Crippen molar-refractivity contribution in [3.8, 4) is 0 Å². The van der Waals surface area contributed by atoms with E-state index in [-0.39, 0.29) is 0 Å². The minimum absolute atomic E-state index is 0.752. The Hall–Kier alpha value is -2.88. The third-order valence-corrected chi connectivity index (χ3v) is 9.76. The van der Waals surface area contributed by atoms with Crippen LogP contribution in [0.4, 0.5) is 0 Å². The van der Waals surface area contributed by atoms with Gasteiger partial charge in [-0.1, -0.05) is 64.1 Å². The molecule has 0 aliphatic rings. The summed E-state index contributed by atoms with van der Waals surface area (Å²) in [5, 5.41) is 4.14. The van der Waals surface area contributed by atoms with Gasteiger partial charge in [0.05, 0.1) is 0 Å². The zero-order valence-corrected chi connectivity index (χ0v) is 23.0. The van der Waals surface area contributed by atoms with Crippen molar-refractivity contribution in [3.05, 3.63) is 72.8 Å². The van der Waals surface area contributed by atoms with E-state index in [1.165, 1.54) is 0 Å². The van der Waals surface area contributed by atoms with E-state index in [9.17, 15) is 0 Å². The van der Waals surface area contributed by atoms with Crippen molar-refractivity contribution in [2.75, 3.05) is 35.5 Å². The van der Waals surface area contributed by atoms with Crippen LogP contribution >= 0.6 is 16.3 Å². The predicted molar refractivity (Wildman–Crippen MR) is 154 cm³/mol. The second-order valence-corrected chi connectivity index (χ2v) is 11.2. The molecule has 0 aliphatic carbocycles. The molecule has 188 valence electrons. The van der Waals surface area contributed by atoms with Crippen LogP contribution in [0.1, 0.15) is 27.7 Å². The average Bonchev–Trinajstić information content (AvgIpc) is 2.90. The average molecular weight is 523 g/mol. The third kappa shape index (κ3) is 5.00.